The van der Waals surface area contributed by atoms with E-state index in [4.69, 9.17) is 10.3 Å². The normalized spacial score (nSPS) is 12.8. The smallest absolute Gasteiger partial charge is 0.226 e. The minimum absolute atomic E-state index is 0.582. The van der Waals surface area contributed by atoms with E-state index in [-0.39, 0.29) is 0 Å². The number of halogens is 1. The van der Waals surface area contributed by atoms with Gasteiger partial charge in [0.1, 0.15) is 0 Å². The fourth-order valence-electron chi connectivity index (χ4n) is 2.34. The van der Waals surface area contributed by atoms with Crippen LogP contribution in [0, 0.1) is 11.8 Å². The molecule has 2 heterocycles. The summed E-state index contributed by atoms with van der Waals surface area (Å²) in [7, 11) is 0. The molecule has 0 aromatic carbocycles. The minimum atomic E-state index is 0.582. The highest BCUT2D eigenvalue weighted by atomic mass is 79.9. The van der Waals surface area contributed by atoms with Gasteiger partial charge in [-0.2, -0.15) is 4.98 Å². The van der Waals surface area contributed by atoms with Crippen LogP contribution < -0.4 is 5.73 Å². The van der Waals surface area contributed by atoms with Crippen LogP contribution in [-0.4, -0.2) is 21.7 Å². The molecule has 114 valence electrons. The Bertz CT molecular complexity index is 570. The molecule has 0 fully saturated rings. The van der Waals surface area contributed by atoms with Crippen molar-refractivity contribution < 1.29 is 4.52 Å². The van der Waals surface area contributed by atoms with Gasteiger partial charge in [0.2, 0.25) is 11.7 Å². The molecule has 1 atom stereocenters. The fourth-order valence-corrected chi connectivity index (χ4v) is 2.71. The Morgan fingerprint density at radius 2 is 2.10 bits per heavy atom. The van der Waals surface area contributed by atoms with Crippen molar-refractivity contribution in [2.24, 2.45) is 17.6 Å². The first-order chi connectivity index (χ1) is 10.1. The second-order valence-corrected chi connectivity index (χ2v) is 6.44. The molecule has 5 nitrogen and oxygen atoms in total. The molecule has 2 aromatic rings. The van der Waals surface area contributed by atoms with E-state index in [0.29, 0.717) is 23.6 Å². The first-order valence-corrected chi connectivity index (χ1v) is 8.03. The van der Waals surface area contributed by atoms with Gasteiger partial charge >= 0.3 is 0 Å². The summed E-state index contributed by atoms with van der Waals surface area (Å²) < 4.78 is 6.23. The van der Waals surface area contributed by atoms with Crippen LogP contribution in [0.25, 0.3) is 11.4 Å². The molecule has 0 radical (unpaired) electrons. The second-order valence-electron chi connectivity index (χ2n) is 5.52. The van der Waals surface area contributed by atoms with Crippen LogP contribution in [0.15, 0.2) is 27.5 Å². The summed E-state index contributed by atoms with van der Waals surface area (Å²) in [5.41, 5.74) is 6.52. The van der Waals surface area contributed by atoms with Gasteiger partial charge in [-0.3, -0.25) is 4.98 Å². The Labute approximate surface area is 133 Å². The molecule has 0 aliphatic rings. The molecular weight excluding hydrogens is 332 g/mol. The molecule has 0 bridgehead atoms. The van der Waals surface area contributed by atoms with Crippen molar-refractivity contribution in [1.29, 1.82) is 0 Å². The molecule has 2 N–H and O–H groups in total. The number of hydrogen-bond donors (Lipinski definition) is 1. The molecule has 0 spiro atoms. The minimum Gasteiger partial charge on any atom is -0.339 e. The average Bonchev–Trinajstić information content (AvgIpc) is 2.92. The Hall–Kier alpha value is -1.27. The molecule has 6 heteroatoms. The number of aryl methyl sites for hydroxylation is 1. The summed E-state index contributed by atoms with van der Waals surface area (Å²) in [6.45, 7) is 5.18. The quantitative estimate of drug-likeness (QED) is 0.825. The van der Waals surface area contributed by atoms with E-state index in [9.17, 15) is 0 Å². The molecule has 0 aliphatic carbocycles. The fraction of sp³-hybridized carbons (Fsp3) is 0.533. The largest absolute Gasteiger partial charge is 0.339 e. The van der Waals surface area contributed by atoms with Gasteiger partial charge in [-0.15, -0.1) is 0 Å². The number of pyridine rings is 1. The lowest BCUT2D eigenvalue weighted by Gasteiger charge is -2.18. The van der Waals surface area contributed by atoms with E-state index in [1.165, 1.54) is 0 Å². The topological polar surface area (TPSA) is 77.8 Å². The zero-order chi connectivity index (χ0) is 15.2. The predicted octanol–water partition coefficient (Wildman–Crippen LogP) is 3.45. The first-order valence-electron chi connectivity index (χ1n) is 7.23. The predicted molar refractivity (Wildman–Crippen MR) is 85.5 cm³/mol. The van der Waals surface area contributed by atoms with Crippen molar-refractivity contribution in [3.63, 3.8) is 0 Å². The van der Waals surface area contributed by atoms with Gasteiger partial charge in [-0.25, -0.2) is 0 Å². The second kappa shape index (κ2) is 7.66. The molecule has 0 saturated carbocycles. The van der Waals surface area contributed by atoms with E-state index in [1.54, 1.807) is 12.4 Å². The maximum Gasteiger partial charge on any atom is 0.226 e. The molecule has 21 heavy (non-hydrogen) atoms. The summed E-state index contributed by atoms with van der Waals surface area (Å²) in [6.07, 6.45) is 6.30. The van der Waals surface area contributed by atoms with Crippen LogP contribution in [0.1, 0.15) is 32.6 Å². The average molecular weight is 353 g/mol. The van der Waals surface area contributed by atoms with E-state index in [1.807, 2.05) is 6.07 Å². The Morgan fingerprint density at radius 1 is 1.29 bits per heavy atom. The van der Waals surface area contributed by atoms with Gasteiger partial charge in [0.25, 0.3) is 0 Å². The Kier molecular flexibility index (Phi) is 5.87. The molecule has 0 aliphatic heterocycles. The third-order valence-electron chi connectivity index (χ3n) is 3.64. The van der Waals surface area contributed by atoms with E-state index >= 15 is 0 Å². The van der Waals surface area contributed by atoms with Crippen LogP contribution in [-0.2, 0) is 6.42 Å². The monoisotopic (exact) mass is 352 g/mol. The van der Waals surface area contributed by atoms with Crippen LogP contribution in [0.4, 0.5) is 0 Å². The summed E-state index contributed by atoms with van der Waals surface area (Å²) in [5.74, 6) is 2.47. The lowest BCUT2D eigenvalue weighted by Crippen LogP contribution is -2.15. The SMILES string of the molecule is CC(C)C(CCN)CCc1nc(-c2cncc(Br)c2)no1. The summed E-state index contributed by atoms with van der Waals surface area (Å²) in [4.78, 5) is 8.55. The van der Waals surface area contributed by atoms with Crippen LogP contribution >= 0.6 is 15.9 Å². The Morgan fingerprint density at radius 3 is 2.76 bits per heavy atom. The zero-order valence-electron chi connectivity index (χ0n) is 12.4. The number of nitrogens with zero attached hydrogens (tertiary/aromatic N) is 3. The lowest BCUT2D eigenvalue weighted by molar-refractivity contribution is 0.313. The molecule has 0 saturated heterocycles. The number of aromatic nitrogens is 3. The van der Waals surface area contributed by atoms with Crippen molar-refractivity contribution in [3.05, 3.63) is 28.8 Å². The highest BCUT2D eigenvalue weighted by molar-refractivity contribution is 9.10. The van der Waals surface area contributed by atoms with Gasteiger partial charge in [-0.1, -0.05) is 19.0 Å². The number of rotatable bonds is 7. The van der Waals surface area contributed by atoms with Crippen molar-refractivity contribution in [2.45, 2.75) is 33.1 Å². The Balaban J connectivity index is 2.00. The van der Waals surface area contributed by atoms with Crippen molar-refractivity contribution >= 4 is 15.9 Å². The highest BCUT2D eigenvalue weighted by Crippen LogP contribution is 2.22. The summed E-state index contributed by atoms with van der Waals surface area (Å²) in [6, 6.07) is 1.92. The highest BCUT2D eigenvalue weighted by Gasteiger charge is 2.15. The number of hydrogen-bond acceptors (Lipinski definition) is 5. The van der Waals surface area contributed by atoms with Crippen molar-refractivity contribution in [1.82, 2.24) is 15.1 Å². The summed E-state index contributed by atoms with van der Waals surface area (Å²) >= 11 is 3.39. The first kappa shape index (κ1) is 16.1. The van der Waals surface area contributed by atoms with Gasteiger partial charge < -0.3 is 10.3 Å². The maximum atomic E-state index is 5.67. The van der Waals surface area contributed by atoms with E-state index in [0.717, 1.165) is 35.8 Å². The summed E-state index contributed by atoms with van der Waals surface area (Å²) in [5, 5.41) is 4.02. The van der Waals surface area contributed by atoms with Crippen LogP contribution in [0.5, 0.6) is 0 Å². The maximum absolute atomic E-state index is 5.67. The lowest BCUT2D eigenvalue weighted by atomic mass is 9.88. The molecular formula is C15H21BrN4O. The third kappa shape index (κ3) is 4.61. The van der Waals surface area contributed by atoms with Gasteiger partial charge in [0.05, 0.1) is 0 Å². The molecule has 2 aromatic heterocycles. The van der Waals surface area contributed by atoms with E-state index < -0.39 is 0 Å². The third-order valence-corrected chi connectivity index (χ3v) is 4.07. The van der Waals surface area contributed by atoms with Crippen molar-refractivity contribution in [2.75, 3.05) is 6.54 Å². The standard InChI is InChI=1S/C15H21BrN4O/c1-10(2)11(5-6-17)3-4-14-19-15(20-21-14)12-7-13(16)9-18-8-12/h7-11H,3-6,17H2,1-2H3. The molecule has 2 rings (SSSR count). The molecule has 1 unspecified atom stereocenters. The zero-order valence-corrected chi connectivity index (χ0v) is 14.0. The van der Waals surface area contributed by atoms with Crippen LogP contribution in [0.3, 0.4) is 0 Å². The van der Waals surface area contributed by atoms with Crippen LogP contribution in [0.2, 0.25) is 0 Å². The number of nitrogens with two attached hydrogens (primary N) is 1. The van der Waals surface area contributed by atoms with Gasteiger partial charge in [0.15, 0.2) is 0 Å². The van der Waals surface area contributed by atoms with Gasteiger partial charge in [-0.05, 0) is 53.2 Å². The molecule has 0 amide bonds. The van der Waals surface area contributed by atoms with Crippen molar-refractivity contribution in [3.8, 4) is 11.4 Å². The van der Waals surface area contributed by atoms with Gasteiger partial charge in [0, 0.05) is 28.9 Å². The van der Waals surface area contributed by atoms with E-state index in [2.05, 4.69) is 44.9 Å².